The number of aromatic nitrogens is 3. The van der Waals surface area contributed by atoms with Crippen LogP contribution in [0.25, 0.3) is 29.1 Å². The van der Waals surface area contributed by atoms with Crippen molar-refractivity contribution < 1.29 is 14.7 Å². The molecule has 9 nitrogen and oxygen atoms in total. The van der Waals surface area contributed by atoms with Gasteiger partial charge in [0.1, 0.15) is 0 Å². The van der Waals surface area contributed by atoms with Crippen molar-refractivity contribution in [2.24, 2.45) is 12.0 Å². The monoisotopic (exact) mass is 530 g/mol. The predicted octanol–water partition coefficient (Wildman–Crippen LogP) is 1.40. The summed E-state index contributed by atoms with van der Waals surface area (Å²) in [5.74, 6) is -0.0153. The van der Waals surface area contributed by atoms with Crippen LogP contribution in [0.4, 0.5) is 0 Å². The van der Waals surface area contributed by atoms with Crippen LogP contribution in [0.5, 0.6) is 5.88 Å². The smallest absolute Gasteiger partial charge is 0.251 e. The van der Waals surface area contributed by atoms with Gasteiger partial charge in [0.15, 0.2) is 5.88 Å². The Bertz CT molecular complexity index is 1680. The van der Waals surface area contributed by atoms with Crippen LogP contribution in [0.15, 0.2) is 29.5 Å². The lowest BCUT2D eigenvalue weighted by molar-refractivity contribution is -0.130. The molecule has 38 heavy (non-hydrogen) atoms. The number of pyridine rings is 1. The van der Waals surface area contributed by atoms with Crippen molar-refractivity contribution in [3.05, 3.63) is 55.9 Å². The number of amides is 2. The molecule has 0 bridgehead atoms. The number of aryl methyl sites for hydroxylation is 2. The zero-order valence-electron chi connectivity index (χ0n) is 21.7. The second-order valence-corrected chi connectivity index (χ2v) is 11.4. The number of carbonyl (C=O) groups excluding carboxylic acids is 2. The van der Waals surface area contributed by atoms with Gasteiger partial charge in [-0.15, -0.1) is 11.3 Å². The van der Waals surface area contributed by atoms with Crippen LogP contribution in [0, 0.1) is 6.92 Å². The molecule has 10 heteroatoms. The molecular formula is C28H30N6O3S. The van der Waals surface area contributed by atoms with E-state index in [0.717, 1.165) is 63.3 Å². The van der Waals surface area contributed by atoms with E-state index in [4.69, 9.17) is 0 Å². The summed E-state index contributed by atoms with van der Waals surface area (Å²) in [5, 5.41) is 14.5. The molecule has 0 spiro atoms. The lowest BCUT2D eigenvalue weighted by atomic mass is 10.00. The topological polar surface area (TPSA) is 107 Å². The number of carbonyl (C=O) groups is 2. The molecule has 1 fully saturated rings. The van der Waals surface area contributed by atoms with Crippen LogP contribution in [0.1, 0.15) is 35.2 Å². The molecule has 0 aromatic carbocycles. The molecule has 1 saturated heterocycles. The van der Waals surface area contributed by atoms with E-state index in [0.29, 0.717) is 17.5 Å². The summed E-state index contributed by atoms with van der Waals surface area (Å²) in [6.45, 7) is 5.74. The molecule has 2 N–H and O–H groups in total. The molecule has 6 rings (SSSR count). The van der Waals surface area contributed by atoms with Crippen LogP contribution in [0.2, 0.25) is 0 Å². The predicted molar refractivity (Wildman–Crippen MR) is 146 cm³/mol. The highest BCUT2D eigenvalue weighted by atomic mass is 32.1. The van der Waals surface area contributed by atoms with E-state index >= 15 is 0 Å². The highest BCUT2D eigenvalue weighted by Crippen LogP contribution is 2.31. The molecular weight excluding hydrogens is 500 g/mol. The van der Waals surface area contributed by atoms with Crippen molar-refractivity contribution in [1.29, 1.82) is 0 Å². The summed E-state index contributed by atoms with van der Waals surface area (Å²) in [6, 6.07) is 2.12. The minimum absolute atomic E-state index is 0.0983. The summed E-state index contributed by atoms with van der Waals surface area (Å²) < 4.78 is 1.96. The number of nitrogens with zero attached hydrogens (tertiary/aromatic N) is 5. The molecule has 3 aromatic heterocycles. The van der Waals surface area contributed by atoms with Gasteiger partial charge in [-0.1, -0.05) is 0 Å². The first kappa shape index (κ1) is 24.4. The Morgan fingerprint density at radius 3 is 2.76 bits per heavy atom. The normalized spacial score (nSPS) is 17.2. The first-order valence-electron chi connectivity index (χ1n) is 12.8. The van der Waals surface area contributed by atoms with Crippen LogP contribution < -0.4 is 15.9 Å². The zero-order chi connectivity index (χ0) is 26.6. The first-order chi connectivity index (χ1) is 18.3. The number of fused-ring (bicyclic) bond motifs is 2. The number of aromatic hydroxyl groups is 1. The molecule has 0 unspecified atom stereocenters. The second-order valence-electron chi connectivity index (χ2n) is 10.1. The average Bonchev–Trinajstić information content (AvgIpc) is 3.38. The van der Waals surface area contributed by atoms with E-state index in [2.05, 4.69) is 32.0 Å². The van der Waals surface area contributed by atoms with Gasteiger partial charge in [-0.2, -0.15) is 0 Å². The first-order valence-corrected chi connectivity index (χ1v) is 13.7. The number of likely N-dealkylation sites (tertiary alicyclic amines) is 1. The number of hydrogen-bond donors (Lipinski definition) is 2. The van der Waals surface area contributed by atoms with Crippen molar-refractivity contribution in [2.45, 2.75) is 39.2 Å². The summed E-state index contributed by atoms with van der Waals surface area (Å²) in [6.07, 6.45) is 11.8. The fourth-order valence-corrected chi connectivity index (χ4v) is 6.59. The van der Waals surface area contributed by atoms with Gasteiger partial charge in [-0.05, 0) is 44.1 Å². The number of piperidine rings is 1. The maximum absolute atomic E-state index is 12.9. The van der Waals surface area contributed by atoms with Crippen molar-refractivity contribution in [3.8, 4) is 17.1 Å². The third-order valence-electron chi connectivity index (χ3n) is 7.64. The quantitative estimate of drug-likeness (QED) is 0.533. The Hall–Kier alpha value is -3.92. The third kappa shape index (κ3) is 4.18. The van der Waals surface area contributed by atoms with Crippen LogP contribution >= 0.6 is 11.3 Å². The molecule has 5 heterocycles. The minimum Gasteiger partial charge on any atom is -0.494 e. The van der Waals surface area contributed by atoms with E-state index in [-0.39, 0.29) is 30.2 Å². The van der Waals surface area contributed by atoms with Gasteiger partial charge < -0.3 is 24.5 Å². The van der Waals surface area contributed by atoms with Gasteiger partial charge in [-0.3, -0.25) is 9.59 Å². The maximum Gasteiger partial charge on any atom is 0.251 e. The van der Waals surface area contributed by atoms with Gasteiger partial charge >= 0.3 is 0 Å². The maximum atomic E-state index is 12.9. The second kappa shape index (κ2) is 9.43. The third-order valence-corrected chi connectivity index (χ3v) is 8.55. The molecule has 2 aliphatic heterocycles. The van der Waals surface area contributed by atoms with E-state index in [9.17, 15) is 14.7 Å². The average molecular weight is 531 g/mol. The fourth-order valence-electron chi connectivity index (χ4n) is 5.81. The van der Waals surface area contributed by atoms with E-state index in [1.807, 2.05) is 41.8 Å². The summed E-state index contributed by atoms with van der Waals surface area (Å²) in [5.41, 5.74) is 3.33. The largest absolute Gasteiger partial charge is 0.494 e. The van der Waals surface area contributed by atoms with Crippen molar-refractivity contribution in [1.82, 2.24) is 24.3 Å². The summed E-state index contributed by atoms with van der Waals surface area (Å²) in [7, 11) is 1.93. The van der Waals surface area contributed by atoms with Gasteiger partial charge in [0.2, 0.25) is 5.91 Å². The SMILES string of the molecule is CC(=O)N1CCC(N2CC=c3[nH]c(O)c4c3=C2C=Cc2c-4n(C)ccc2=NC(=O)Cc2cnc(C)s2)CC1. The summed E-state index contributed by atoms with van der Waals surface area (Å²) in [4.78, 5) is 41.8. The molecule has 2 amide bonds. The van der Waals surface area contributed by atoms with Gasteiger partial charge in [-0.25, -0.2) is 9.98 Å². The lowest BCUT2D eigenvalue weighted by Crippen LogP contribution is -2.49. The Balaban J connectivity index is 1.44. The number of nitrogens with one attached hydrogen (secondary N) is 1. The van der Waals surface area contributed by atoms with Crippen LogP contribution in [0.3, 0.4) is 0 Å². The minimum atomic E-state index is -0.234. The van der Waals surface area contributed by atoms with Crippen LogP contribution in [-0.4, -0.2) is 66.9 Å². The van der Waals surface area contributed by atoms with Gasteiger partial charge in [0.05, 0.1) is 28.0 Å². The standard InChI is InChI=1S/C28H30N6O3S/c1-16-29-15-19(38-16)14-24(36)30-21-8-10-32(3)27-20(21)4-5-23-25-22(31-28(37)26(25)27)9-13-34(23)18-6-11-33(12-7-18)17(2)35/h4-5,8-10,15,18,31,37H,6-7,11-14H2,1-3H3. The number of hydrogen-bond acceptors (Lipinski definition) is 6. The Morgan fingerprint density at radius 1 is 1.26 bits per heavy atom. The molecule has 0 atom stereocenters. The van der Waals surface area contributed by atoms with E-state index in [1.54, 1.807) is 13.1 Å². The lowest BCUT2D eigenvalue weighted by Gasteiger charge is -2.40. The molecule has 3 aliphatic rings. The molecule has 0 radical (unpaired) electrons. The Labute approximate surface area is 223 Å². The zero-order valence-corrected chi connectivity index (χ0v) is 22.5. The van der Waals surface area contributed by atoms with E-state index in [1.165, 1.54) is 11.3 Å². The van der Waals surface area contributed by atoms with Crippen molar-refractivity contribution in [3.63, 3.8) is 0 Å². The van der Waals surface area contributed by atoms with Gasteiger partial charge in [0.25, 0.3) is 5.91 Å². The summed E-state index contributed by atoms with van der Waals surface area (Å²) >= 11 is 1.50. The Morgan fingerprint density at radius 2 is 2.05 bits per heavy atom. The molecule has 3 aromatic rings. The number of H-pyrrole nitrogens is 1. The fraction of sp³-hybridized carbons (Fsp3) is 0.357. The Kier molecular flexibility index (Phi) is 6.06. The molecule has 0 saturated carbocycles. The van der Waals surface area contributed by atoms with Gasteiger partial charge in [0, 0.05) is 78.7 Å². The molecule has 196 valence electrons. The van der Waals surface area contributed by atoms with Crippen molar-refractivity contribution in [2.75, 3.05) is 19.6 Å². The van der Waals surface area contributed by atoms with Crippen molar-refractivity contribution >= 4 is 41.0 Å². The number of aromatic amines is 1. The molecule has 1 aliphatic carbocycles. The highest BCUT2D eigenvalue weighted by molar-refractivity contribution is 7.11. The highest BCUT2D eigenvalue weighted by Gasteiger charge is 2.30. The number of thiazole rings is 1. The van der Waals surface area contributed by atoms with E-state index < -0.39 is 0 Å². The number of rotatable bonds is 3. The van der Waals surface area contributed by atoms with Crippen LogP contribution in [-0.2, 0) is 23.1 Å².